The zero-order valence-electron chi connectivity index (χ0n) is 12.4. The molecule has 21 heavy (non-hydrogen) atoms. The largest absolute Gasteiger partial charge is 0.450 e. The molecule has 0 aromatic heterocycles. The summed E-state index contributed by atoms with van der Waals surface area (Å²) in [6.07, 6.45) is 3.33. The highest BCUT2D eigenvalue weighted by molar-refractivity contribution is 5.90. The lowest BCUT2D eigenvalue weighted by Gasteiger charge is -2.26. The second-order valence-corrected chi connectivity index (χ2v) is 5.21. The van der Waals surface area contributed by atoms with Gasteiger partial charge < -0.3 is 15.4 Å². The molecule has 0 radical (unpaired) electrons. The van der Waals surface area contributed by atoms with Gasteiger partial charge in [0, 0.05) is 6.54 Å². The van der Waals surface area contributed by atoms with Gasteiger partial charge in [0.1, 0.15) is 6.04 Å². The van der Waals surface area contributed by atoms with E-state index >= 15 is 0 Å². The minimum atomic E-state index is -0.512. The lowest BCUT2D eigenvalue weighted by atomic mass is 10.1. The Morgan fingerprint density at radius 1 is 1.29 bits per heavy atom. The monoisotopic (exact) mass is 290 g/mol. The number of β-lactam (4-membered cyclic amide) rings is 1. The van der Waals surface area contributed by atoms with Crippen LogP contribution in [0, 0.1) is 0 Å². The van der Waals surface area contributed by atoms with E-state index < -0.39 is 12.1 Å². The fraction of sp³-hybridized carbons (Fsp3) is 0.500. The first-order valence-corrected chi connectivity index (χ1v) is 7.48. The number of rotatable bonds is 7. The number of hydrogen-bond acceptors (Lipinski definition) is 3. The van der Waals surface area contributed by atoms with E-state index in [0.717, 1.165) is 25.7 Å². The van der Waals surface area contributed by atoms with Crippen LogP contribution in [0.1, 0.15) is 30.9 Å². The Labute approximate surface area is 125 Å². The lowest BCUT2D eigenvalue weighted by molar-refractivity contribution is -0.128. The Kier molecular flexibility index (Phi) is 5.60. The molecule has 114 valence electrons. The van der Waals surface area contributed by atoms with Gasteiger partial charge in [0.25, 0.3) is 0 Å². The maximum absolute atomic E-state index is 11.4. The highest BCUT2D eigenvalue weighted by Crippen LogP contribution is 2.08. The molecule has 1 saturated heterocycles. The van der Waals surface area contributed by atoms with Gasteiger partial charge in [0.15, 0.2) is 0 Å². The number of hydrogen-bond donors (Lipinski definition) is 2. The summed E-state index contributed by atoms with van der Waals surface area (Å²) in [5.41, 5.74) is 2.65. The summed E-state index contributed by atoms with van der Waals surface area (Å²) in [5, 5.41) is 5.07. The molecular weight excluding hydrogens is 268 g/mol. The second kappa shape index (κ2) is 7.67. The standard InChI is InChI=1S/C16H22N2O3/c1-2-12-6-8-13(9-7-12)5-3-4-10-21-16(20)18-14-11-17-15(14)19/h6-9,14H,2-5,10-11H2,1H3,(H,17,19)(H,18,20)/t14-/m0/s1. The first-order valence-electron chi connectivity index (χ1n) is 7.48. The highest BCUT2D eigenvalue weighted by atomic mass is 16.5. The summed E-state index contributed by atoms with van der Waals surface area (Å²) in [4.78, 5) is 22.3. The Hall–Kier alpha value is -2.04. The molecule has 5 nitrogen and oxygen atoms in total. The van der Waals surface area contributed by atoms with Crippen LogP contribution in [-0.2, 0) is 22.4 Å². The molecule has 1 fully saturated rings. The van der Waals surface area contributed by atoms with E-state index in [1.807, 2.05) is 0 Å². The molecule has 1 aromatic rings. The number of ether oxygens (including phenoxy) is 1. The van der Waals surface area contributed by atoms with E-state index in [0.29, 0.717) is 13.2 Å². The molecule has 0 bridgehead atoms. The number of benzene rings is 1. The van der Waals surface area contributed by atoms with Crippen molar-refractivity contribution in [3.63, 3.8) is 0 Å². The van der Waals surface area contributed by atoms with E-state index in [1.54, 1.807) is 0 Å². The fourth-order valence-corrected chi connectivity index (χ4v) is 2.13. The quantitative estimate of drug-likeness (QED) is 0.594. The summed E-state index contributed by atoms with van der Waals surface area (Å²) in [6.45, 7) is 3.01. The number of carbonyl (C=O) groups is 2. The van der Waals surface area contributed by atoms with Crippen LogP contribution in [0.5, 0.6) is 0 Å². The van der Waals surface area contributed by atoms with E-state index in [2.05, 4.69) is 41.8 Å². The minimum absolute atomic E-state index is 0.150. The molecular formula is C16H22N2O3. The summed E-state index contributed by atoms with van der Waals surface area (Å²) in [7, 11) is 0. The van der Waals surface area contributed by atoms with Crippen LogP contribution in [0.25, 0.3) is 0 Å². The van der Waals surface area contributed by atoms with Crippen LogP contribution >= 0.6 is 0 Å². The van der Waals surface area contributed by atoms with Crippen molar-refractivity contribution in [2.75, 3.05) is 13.2 Å². The number of unbranched alkanes of at least 4 members (excludes halogenated alkanes) is 1. The topological polar surface area (TPSA) is 67.4 Å². The van der Waals surface area contributed by atoms with E-state index in [-0.39, 0.29) is 5.91 Å². The normalized spacial score (nSPS) is 16.8. The molecule has 1 aliphatic heterocycles. The van der Waals surface area contributed by atoms with Crippen molar-refractivity contribution in [1.82, 2.24) is 10.6 Å². The molecule has 1 heterocycles. The van der Waals surface area contributed by atoms with Crippen LogP contribution in [0.3, 0.4) is 0 Å². The zero-order chi connectivity index (χ0) is 15.1. The van der Waals surface area contributed by atoms with Gasteiger partial charge in [-0.2, -0.15) is 0 Å². The Balaban J connectivity index is 1.54. The first-order chi connectivity index (χ1) is 10.2. The van der Waals surface area contributed by atoms with Gasteiger partial charge in [0.05, 0.1) is 6.61 Å². The van der Waals surface area contributed by atoms with Gasteiger partial charge in [-0.05, 0) is 36.8 Å². The number of amides is 2. The maximum Gasteiger partial charge on any atom is 0.407 e. The molecule has 0 saturated carbocycles. The number of nitrogens with one attached hydrogen (secondary N) is 2. The summed E-state index contributed by atoms with van der Waals surface area (Å²) in [5.74, 6) is -0.150. The zero-order valence-corrected chi connectivity index (χ0v) is 12.4. The van der Waals surface area contributed by atoms with Gasteiger partial charge in [-0.1, -0.05) is 31.2 Å². The SMILES string of the molecule is CCc1ccc(CCCCOC(=O)N[C@H]2CNC2=O)cc1. The van der Waals surface area contributed by atoms with E-state index in [4.69, 9.17) is 4.74 Å². The smallest absolute Gasteiger partial charge is 0.407 e. The van der Waals surface area contributed by atoms with Gasteiger partial charge in [0.2, 0.25) is 5.91 Å². The van der Waals surface area contributed by atoms with Crippen LogP contribution in [0.15, 0.2) is 24.3 Å². The van der Waals surface area contributed by atoms with Crippen LogP contribution < -0.4 is 10.6 Å². The van der Waals surface area contributed by atoms with Crippen molar-refractivity contribution in [3.8, 4) is 0 Å². The summed E-state index contributed by atoms with van der Waals surface area (Å²) in [6, 6.07) is 8.20. The van der Waals surface area contributed by atoms with Crippen molar-refractivity contribution in [3.05, 3.63) is 35.4 Å². The van der Waals surface area contributed by atoms with Gasteiger partial charge >= 0.3 is 6.09 Å². The van der Waals surface area contributed by atoms with Crippen molar-refractivity contribution < 1.29 is 14.3 Å². The molecule has 0 aliphatic carbocycles. The van der Waals surface area contributed by atoms with Gasteiger partial charge in [-0.3, -0.25) is 4.79 Å². The second-order valence-electron chi connectivity index (χ2n) is 5.21. The molecule has 1 aliphatic rings. The molecule has 0 spiro atoms. The number of carbonyl (C=O) groups excluding carboxylic acids is 2. The first kappa shape index (κ1) is 15.4. The van der Waals surface area contributed by atoms with Crippen LogP contribution in [0.2, 0.25) is 0 Å². The average Bonchev–Trinajstić information content (AvgIpc) is 2.51. The lowest BCUT2D eigenvalue weighted by Crippen LogP contribution is -2.61. The predicted molar refractivity (Wildman–Crippen MR) is 80.0 cm³/mol. The third-order valence-electron chi connectivity index (χ3n) is 3.61. The van der Waals surface area contributed by atoms with Crippen molar-refractivity contribution in [1.29, 1.82) is 0 Å². The third-order valence-corrected chi connectivity index (χ3v) is 3.61. The Morgan fingerprint density at radius 2 is 2.00 bits per heavy atom. The summed E-state index contributed by atoms with van der Waals surface area (Å²) < 4.78 is 5.04. The molecule has 2 rings (SSSR count). The average molecular weight is 290 g/mol. The summed E-state index contributed by atoms with van der Waals surface area (Å²) >= 11 is 0. The van der Waals surface area contributed by atoms with Gasteiger partial charge in [-0.15, -0.1) is 0 Å². The number of aryl methyl sites for hydroxylation is 2. The Morgan fingerprint density at radius 3 is 2.57 bits per heavy atom. The molecule has 1 atom stereocenters. The maximum atomic E-state index is 11.4. The van der Waals surface area contributed by atoms with Crippen LogP contribution in [-0.4, -0.2) is 31.2 Å². The van der Waals surface area contributed by atoms with E-state index in [1.165, 1.54) is 11.1 Å². The van der Waals surface area contributed by atoms with E-state index in [9.17, 15) is 9.59 Å². The molecule has 1 aromatic carbocycles. The van der Waals surface area contributed by atoms with Gasteiger partial charge in [-0.25, -0.2) is 4.79 Å². The minimum Gasteiger partial charge on any atom is -0.450 e. The fourth-order valence-electron chi connectivity index (χ4n) is 2.13. The van der Waals surface area contributed by atoms with Crippen molar-refractivity contribution >= 4 is 12.0 Å². The highest BCUT2D eigenvalue weighted by Gasteiger charge is 2.29. The van der Waals surface area contributed by atoms with Crippen molar-refractivity contribution in [2.45, 2.75) is 38.6 Å². The number of alkyl carbamates (subject to hydrolysis) is 1. The Bertz CT molecular complexity index is 485. The van der Waals surface area contributed by atoms with Crippen LogP contribution in [0.4, 0.5) is 4.79 Å². The predicted octanol–water partition coefficient (Wildman–Crippen LogP) is 1.80. The third kappa shape index (κ3) is 4.77. The van der Waals surface area contributed by atoms with Crippen molar-refractivity contribution in [2.24, 2.45) is 0 Å². The molecule has 5 heteroatoms. The molecule has 2 amide bonds. The molecule has 2 N–H and O–H groups in total. The molecule has 0 unspecified atom stereocenters.